The van der Waals surface area contributed by atoms with E-state index in [0.29, 0.717) is 37.1 Å². The summed E-state index contributed by atoms with van der Waals surface area (Å²) in [5.41, 5.74) is 3.87. The van der Waals surface area contributed by atoms with E-state index in [4.69, 9.17) is 0 Å². The lowest BCUT2D eigenvalue weighted by Gasteiger charge is -2.31. The predicted molar refractivity (Wildman–Crippen MR) is 112 cm³/mol. The first kappa shape index (κ1) is 20.0. The molecule has 6 nitrogen and oxygen atoms in total. The largest absolute Gasteiger partial charge is 0.339 e. The second-order valence-electron chi connectivity index (χ2n) is 8.18. The van der Waals surface area contributed by atoms with Crippen molar-refractivity contribution >= 4 is 23.5 Å². The lowest BCUT2D eigenvalue weighted by molar-refractivity contribution is 0.0650. The molecule has 0 unspecified atom stereocenters. The Hall–Kier alpha value is -3.28. The number of benzene rings is 2. The van der Waals surface area contributed by atoms with Crippen LogP contribution >= 0.6 is 0 Å². The number of nitrogens with zero attached hydrogens (tertiary/aromatic N) is 2. The van der Waals surface area contributed by atoms with E-state index in [9.17, 15) is 19.2 Å². The van der Waals surface area contributed by atoms with Crippen molar-refractivity contribution < 1.29 is 19.2 Å². The number of piperidine rings is 1. The monoisotopic (exact) mass is 404 g/mol. The number of carbonyl (C=O) groups is 4. The van der Waals surface area contributed by atoms with Gasteiger partial charge in [0.25, 0.3) is 17.7 Å². The third-order valence-electron chi connectivity index (χ3n) is 6.14. The Labute approximate surface area is 175 Å². The van der Waals surface area contributed by atoms with Crippen LogP contribution in [0.3, 0.4) is 0 Å². The first-order valence-electron chi connectivity index (χ1n) is 10.1. The predicted octanol–water partition coefficient (Wildman–Crippen LogP) is 3.26. The summed E-state index contributed by atoms with van der Waals surface area (Å²) in [5, 5.41) is 0. The van der Waals surface area contributed by atoms with Crippen LogP contribution in [0.2, 0.25) is 0 Å². The Balaban J connectivity index is 1.45. The molecule has 0 N–H and O–H groups in total. The summed E-state index contributed by atoms with van der Waals surface area (Å²) in [6.07, 6.45) is 1.23. The molecule has 1 fully saturated rings. The van der Waals surface area contributed by atoms with Crippen LogP contribution in [0.4, 0.5) is 0 Å². The minimum atomic E-state index is -0.387. The van der Waals surface area contributed by atoms with E-state index in [1.807, 2.05) is 32.0 Å². The summed E-state index contributed by atoms with van der Waals surface area (Å²) in [6, 6.07) is 10.5. The molecule has 0 spiro atoms. The zero-order valence-corrected chi connectivity index (χ0v) is 17.4. The normalized spacial score (nSPS) is 16.8. The van der Waals surface area contributed by atoms with Crippen molar-refractivity contribution in [3.05, 3.63) is 69.8 Å². The van der Waals surface area contributed by atoms with Crippen molar-refractivity contribution in [2.24, 2.45) is 5.92 Å². The molecule has 0 atom stereocenters. The third kappa shape index (κ3) is 3.32. The number of Topliss-reactive ketones (excluding diaryl/α,β-unsaturated/α-hetero) is 1. The van der Waals surface area contributed by atoms with Crippen LogP contribution in [0.15, 0.2) is 36.4 Å². The van der Waals surface area contributed by atoms with Crippen molar-refractivity contribution in [2.45, 2.75) is 26.7 Å². The average molecular weight is 404 g/mol. The van der Waals surface area contributed by atoms with E-state index >= 15 is 0 Å². The van der Waals surface area contributed by atoms with E-state index < -0.39 is 0 Å². The topological polar surface area (TPSA) is 74.8 Å². The second kappa shape index (κ2) is 7.52. The van der Waals surface area contributed by atoms with Crippen LogP contribution in [-0.2, 0) is 0 Å². The quantitative estimate of drug-likeness (QED) is 0.581. The maximum atomic E-state index is 12.9. The van der Waals surface area contributed by atoms with Crippen LogP contribution in [-0.4, -0.2) is 53.4 Å². The summed E-state index contributed by atoms with van der Waals surface area (Å²) in [4.78, 5) is 52.9. The molecule has 0 aliphatic carbocycles. The van der Waals surface area contributed by atoms with Gasteiger partial charge in [0.05, 0.1) is 11.1 Å². The molecule has 1 saturated heterocycles. The van der Waals surface area contributed by atoms with Crippen molar-refractivity contribution in [3.63, 3.8) is 0 Å². The number of carbonyl (C=O) groups excluding carboxylic acids is 4. The number of hydrogen-bond donors (Lipinski definition) is 0. The second-order valence-corrected chi connectivity index (χ2v) is 8.18. The summed E-state index contributed by atoms with van der Waals surface area (Å²) in [5.74, 6) is -0.861. The van der Waals surface area contributed by atoms with Gasteiger partial charge in [0, 0.05) is 37.2 Å². The highest BCUT2D eigenvalue weighted by Gasteiger charge is 2.34. The van der Waals surface area contributed by atoms with Crippen LogP contribution in [0, 0.1) is 19.8 Å². The van der Waals surface area contributed by atoms with E-state index in [1.165, 1.54) is 13.1 Å². The van der Waals surface area contributed by atoms with Gasteiger partial charge in [0.15, 0.2) is 5.78 Å². The van der Waals surface area contributed by atoms with Crippen LogP contribution in [0.5, 0.6) is 0 Å². The number of aryl methyl sites for hydroxylation is 2. The Morgan fingerprint density at radius 1 is 0.900 bits per heavy atom. The van der Waals surface area contributed by atoms with Gasteiger partial charge in [-0.1, -0.05) is 23.8 Å². The van der Waals surface area contributed by atoms with Gasteiger partial charge in [-0.05, 0) is 50.5 Å². The minimum Gasteiger partial charge on any atom is -0.339 e. The van der Waals surface area contributed by atoms with Gasteiger partial charge in [-0.15, -0.1) is 0 Å². The highest BCUT2D eigenvalue weighted by Crippen LogP contribution is 2.27. The van der Waals surface area contributed by atoms with Gasteiger partial charge in [0.1, 0.15) is 0 Å². The fourth-order valence-corrected chi connectivity index (χ4v) is 4.33. The van der Waals surface area contributed by atoms with Crippen LogP contribution in [0.1, 0.15) is 65.4 Å². The number of rotatable bonds is 3. The number of hydrogen-bond acceptors (Lipinski definition) is 4. The van der Waals surface area contributed by atoms with Gasteiger partial charge in [-0.25, -0.2) is 0 Å². The molecule has 154 valence electrons. The van der Waals surface area contributed by atoms with Crippen molar-refractivity contribution in [3.8, 4) is 0 Å². The van der Waals surface area contributed by atoms with Gasteiger partial charge in [-0.2, -0.15) is 0 Å². The van der Waals surface area contributed by atoms with Crippen molar-refractivity contribution in [2.75, 3.05) is 20.1 Å². The SMILES string of the molecule is Cc1ccc(C(=O)C2CCN(C(=O)c3ccc4c(c3)C(=O)N(C)C4=O)CC2)c(C)c1. The maximum Gasteiger partial charge on any atom is 0.261 e. The zero-order valence-electron chi connectivity index (χ0n) is 17.4. The molecule has 3 amide bonds. The number of likely N-dealkylation sites (tertiary alicyclic amines) is 1. The summed E-state index contributed by atoms with van der Waals surface area (Å²) >= 11 is 0. The molecular formula is C24H24N2O4. The molecule has 0 radical (unpaired) electrons. The summed E-state index contributed by atoms with van der Waals surface area (Å²) < 4.78 is 0. The Morgan fingerprint density at radius 3 is 2.23 bits per heavy atom. The van der Waals surface area contributed by atoms with E-state index in [2.05, 4.69) is 0 Å². The molecule has 2 heterocycles. The Morgan fingerprint density at radius 2 is 1.57 bits per heavy atom. The zero-order chi connectivity index (χ0) is 21.6. The lowest BCUT2D eigenvalue weighted by Crippen LogP contribution is -2.40. The summed E-state index contributed by atoms with van der Waals surface area (Å²) in [6.45, 7) is 4.94. The highest BCUT2D eigenvalue weighted by molar-refractivity contribution is 6.21. The molecule has 6 heteroatoms. The molecule has 2 aromatic rings. The van der Waals surface area contributed by atoms with Gasteiger partial charge in [-0.3, -0.25) is 24.1 Å². The Kier molecular flexibility index (Phi) is 5.02. The number of amides is 3. The van der Waals surface area contributed by atoms with E-state index in [-0.39, 0.29) is 35.0 Å². The van der Waals surface area contributed by atoms with Crippen molar-refractivity contribution in [1.82, 2.24) is 9.80 Å². The molecule has 0 bridgehead atoms. The van der Waals surface area contributed by atoms with Crippen LogP contribution < -0.4 is 0 Å². The van der Waals surface area contributed by atoms with Crippen molar-refractivity contribution in [1.29, 1.82) is 0 Å². The van der Waals surface area contributed by atoms with E-state index in [0.717, 1.165) is 21.6 Å². The molecule has 4 rings (SSSR count). The number of imide groups is 1. The fraction of sp³-hybridized carbons (Fsp3) is 0.333. The first-order valence-corrected chi connectivity index (χ1v) is 10.1. The van der Waals surface area contributed by atoms with Gasteiger partial charge < -0.3 is 4.90 Å². The van der Waals surface area contributed by atoms with Gasteiger partial charge >= 0.3 is 0 Å². The molecule has 30 heavy (non-hydrogen) atoms. The molecule has 0 saturated carbocycles. The maximum absolute atomic E-state index is 12.9. The molecule has 2 aromatic carbocycles. The fourth-order valence-electron chi connectivity index (χ4n) is 4.33. The molecule has 2 aliphatic rings. The third-order valence-corrected chi connectivity index (χ3v) is 6.14. The minimum absolute atomic E-state index is 0.0941. The van der Waals surface area contributed by atoms with Gasteiger partial charge in [0.2, 0.25) is 0 Å². The number of fused-ring (bicyclic) bond motifs is 1. The van der Waals surface area contributed by atoms with E-state index in [1.54, 1.807) is 17.0 Å². The average Bonchev–Trinajstić information content (AvgIpc) is 2.96. The smallest absolute Gasteiger partial charge is 0.261 e. The molecular weight excluding hydrogens is 380 g/mol. The van der Waals surface area contributed by atoms with Crippen LogP contribution in [0.25, 0.3) is 0 Å². The molecule has 0 aromatic heterocycles. The first-order chi connectivity index (χ1) is 14.3. The Bertz CT molecular complexity index is 1080. The highest BCUT2D eigenvalue weighted by atomic mass is 16.2. The molecule has 2 aliphatic heterocycles. The summed E-state index contributed by atoms with van der Waals surface area (Å²) in [7, 11) is 1.43. The lowest BCUT2D eigenvalue weighted by atomic mass is 9.86. The number of ketones is 1. The standard InChI is InChI=1S/C24H24N2O4/c1-14-4-6-18(15(2)12-14)21(27)16-8-10-26(11-9-16)22(28)17-5-7-19-20(13-17)24(30)25(3)23(19)29/h4-7,12-13,16H,8-11H2,1-3H3.